The Labute approximate surface area is 248 Å². The molecule has 4 aliphatic carbocycles. The van der Waals surface area contributed by atoms with Crippen molar-refractivity contribution in [1.29, 1.82) is 0 Å². The fourth-order valence-electron chi connectivity index (χ4n) is 9.01. The smallest absolute Gasteiger partial charge is 0.137 e. The van der Waals surface area contributed by atoms with E-state index < -0.39 is 16.3 Å². The Morgan fingerprint density at radius 2 is 0.925 bits per heavy atom. The number of aliphatic imine (C=N–C) groups is 1. The molecule has 0 bridgehead atoms. The van der Waals surface area contributed by atoms with Gasteiger partial charge in [-0.2, -0.15) is 0 Å². The summed E-state index contributed by atoms with van der Waals surface area (Å²) in [7, 11) is -2.26. The van der Waals surface area contributed by atoms with Gasteiger partial charge in [0.2, 0.25) is 0 Å². The van der Waals surface area contributed by atoms with Crippen molar-refractivity contribution in [2.24, 2.45) is 4.99 Å². The Morgan fingerprint density at radius 3 is 1.25 bits per heavy atom. The van der Waals surface area contributed by atoms with E-state index in [1.807, 2.05) is 0 Å². The minimum Gasteiger partial charge on any atom is -0.270 e. The molecule has 0 saturated heterocycles. The van der Waals surface area contributed by atoms with Crippen LogP contribution in [0.1, 0.15) is 134 Å². The minimum absolute atomic E-state index is 0.0769. The Kier molecular flexibility index (Phi) is 9.59. The van der Waals surface area contributed by atoms with Crippen LogP contribution in [-0.4, -0.2) is 52.2 Å². The van der Waals surface area contributed by atoms with Crippen LogP contribution in [0.2, 0.25) is 19.6 Å². The molecule has 40 heavy (non-hydrogen) atoms. The average Bonchev–Trinajstić information content (AvgIpc) is 3.77. The maximum atomic E-state index is 5.87. The topological polar surface area (TPSA) is 18.8 Å². The summed E-state index contributed by atoms with van der Waals surface area (Å²) < 4.78 is 6.66. The van der Waals surface area contributed by atoms with Crippen molar-refractivity contribution < 1.29 is 0 Å². The highest BCUT2D eigenvalue weighted by atomic mass is 31.1. The Hall–Kier alpha value is -0.543. The van der Waals surface area contributed by atoms with Crippen LogP contribution in [0.15, 0.2) is 35.3 Å². The number of nitrogens with zero attached hydrogens (tertiary/aromatic N) is 3. The SMILES string of the molecule is C[Si](C)(C)C1(P(N(C2CCCCC2)C2CCCCC2)N(C2CCCCC2)C2CCCCC2)N=C1c1ccccc1. The second-order valence-corrected chi connectivity index (χ2v) is 22.8. The summed E-state index contributed by atoms with van der Waals surface area (Å²) in [6.45, 7) is 8.05. The van der Waals surface area contributed by atoms with E-state index in [0.717, 1.165) is 24.2 Å². The lowest BCUT2D eigenvalue weighted by Crippen LogP contribution is -2.58. The van der Waals surface area contributed by atoms with Gasteiger partial charge in [-0.3, -0.25) is 14.3 Å². The summed E-state index contributed by atoms with van der Waals surface area (Å²) in [6, 6.07) is 14.6. The molecule has 1 heterocycles. The van der Waals surface area contributed by atoms with Crippen LogP contribution in [0.25, 0.3) is 0 Å². The first kappa shape index (κ1) is 29.5. The van der Waals surface area contributed by atoms with E-state index in [1.54, 1.807) is 0 Å². The first-order valence-electron chi connectivity index (χ1n) is 17.5. The van der Waals surface area contributed by atoms with Crippen molar-refractivity contribution >= 4 is 22.0 Å². The second-order valence-electron chi connectivity index (χ2n) is 15.0. The molecule has 222 valence electrons. The first-order valence-corrected chi connectivity index (χ1v) is 22.3. The number of benzene rings is 1. The third-order valence-corrected chi connectivity index (χ3v) is 19.3. The van der Waals surface area contributed by atoms with Crippen molar-refractivity contribution in [3.8, 4) is 0 Å². The zero-order chi connectivity index (χ0) is 27.6. The normalized spacial score (nSPS) is 28.4. The molecular formula is C35H58N3PSi. The molecule has 1 aliphatic heterocycles. The monoisotopic (exact) mass is 579 g/mol. The van der Waals surface area contributed by atoms with Crippen LogP contribution in [0, 0.1) is 0 Å². The predicted octanol–water partition coefficient (Wildman–Crippen LogP) is 10.3. The highest BCUT2D eigenvalue weighted by Crippen LogP contribution is 2.71. The van der Waals surface area contributed by atoms with Gasteiger partial charge in [-0.1, -0.05) is 127 Å². The quantitative estimate of drug-likeness (QED) is 0.214. The molecule has 0 aromatic heterocycles. The standard InChI is InChI=1S/C35H58N3PSi/c1-40(2,3)35(34(36-35)29-19-9-4-10-20-29)39(37(30-21-11-5-12-22-30)31-23-13-6-14-24-31)38(32-25-15-7-16-26-32)33-27-17-8-18-28-33/h4,9-10,19-20,30-33H,5-8,11-18,21-28H2,1-3H3. The molecule has 4 fully saturated rings. The van der Waals surface area contributed by atoms with Crippen molar-refractivity contribution in [2.45, 2.75) is 177 Å². The lowest BCUT2D eigenvalue weighted by Gasteiger charge is -2.58. The Bertz CT molecular complexity index is 892. The van der Waals surface area contributed by atoms with Gasteiger partial charge < -0.3 is 0 Å². The lowest BCUT2D eigenvalue weighted by molar-refractivity contribution is 0.131. The molecule has 5 aliphatic rings. The first-order chi connectivity index (χ1) is 19.5. The molecule has 0 radical (unpaired) electrons. The summed E-state index contributed by atoms with van der Waals surface area (Å²) >= 11 is 0. The summed E-state index contributed by atoms with van der Waals surface area (Å²) in [5.41, 5.74) is 2.93. The highest BCUT2D eigenvalue weighted by Gasteiger charge is 2.67. The zero-order valence-electron chi connectivity index (χ0n) is 26.1. The van der Waals surface area contributed by atoms with E-state index >= 15 is 0 Å². The van der Waals surface area contributed by atoms with Crippen LogP contribution >= 0.6 is 8.22 Å². The van der Waals surface area contributed by atoms with Crippen molar-refractivity contribution in [3.05, 3.63) is 35.9 Å². The van der Waals surface area contributed by atoms with Gasteiger partial charge in [0, 0.05) is 24.2 Å². The zero-order valence-corrected chi connectivity index (χ0v) is 28.0. The van der Waals surface area contributed by atoms with Gasteiger partial charge in [0.15, 0.2) is 0 Å². The molecule has 0 amide bonds. The van der Waals surface area contributed by atoms with Gasteiger partial charge in [-0.05, 0) is 56.9 Å². The average molecular weight is 580 g/mol. The molecule has 0 spiro atoms. The summed E-state index contributed by atoms with van der Waals surface area (Å²) in [4.78, 5) is 5.95. The predicted molar refractivity (Wildman–Crippen MR) is 177 cm³/mol. The van der Waals surface area contributed by atoms with Crippen molar-refractivity contribution in [1.82, 2.24) is 9.34 Å². The minimum atomic E-state index is -1.72. The van der Waals surface area contributed by atoms with Crippen LogP contribution in [0.3, 0.4) is 0 Å². The van der Waals surface area contributed by atoms with Crippen molar-refractivity contribution in [3.63, 3.8) is 0 Å². The Morgan fingerprint density at radius 1 is 0.575 bits per heavy atom. The number of hydrogen-bond acceptors (Lipinski definition) is 3. The van der Waals surface area contributed by atoms with E-state index in [4.69, 9.17) is 4.99 Å². The molecule has 0 N–H and O–H groups in total. The summed E-state index contributed by atoms with van der Waals surface area (Å²) in [6.07, 6.45) is 28.8. The molecule has 5 heteroatoms. The molecule has 1 unspecified atom stereocenters. The van der Waals surface area contributed by atoms with Crippen LogP contribution in [0.5, 0.6) is 0 Å². The maximum Gasteiger partial charge on any atom is 0.137 e. The molecule has 1 atom stereocenters. The fraction of sp³-hybridized carbons (Fsp3) is 0.800. The second kappa shape index (κ2) is 13.0. The van der Waals surface area contributed by atoms with Crippen LogP contribution < -0.4 is 0 Å². The van der Waals surface area contributed by atoms with Gasteiger partial charge in [0.1, 0.15) is 4.90 Å². The molecule has 1 aromatic rings. The van der Waals surface area contributed by atoms with E-state index in [1.165, 1.54) is 140 Å². The molecule has 1 aromatic carbocycles. The van der Waals surface area contributed by atoms with Gasteiger partial charge in [-0.15, -0.1) is 0 Å². The van der Waals surface area contributed by atoms with Crippen LogP contribution in [-0.2, 0) is 0 Å². The fourth-order valence-corrected chi connectivity index (χ4v) is 17.0. The summed E-state index contributed by atoms with van der Waals surface area (Å²) in [5, 5.41) is 0. The van der Waals surface area contributed by atoms with Crippen LogP contribution in [0.4, 0.5) is 0 Å². The number of hydrogen-bond donors (Lipinski definition) is 0. The van der Waals surface area contributed by atoms with E-state index in [2.05, 4.69) is 59.3 Å². The lowest BCUT2D eigenvalue weighted by atomic mass is 9.90. The van der Waals surface area contributed by atoms with Gasteiger partial charge in [0.05, 0.1) is 22.0 Å². The van der Waals surface area contributed by atoms with Gasteiger partial charge in [-0.25, -0.2) is 0 Å². The third-order valence-electron chi connectivity index (χ3n) is 11.2. The molecule has 4 saturated carbocycles. The van der Waals surface area contributed by atoms with Gasteiger partial charge >= 0.3 is 0 Å². The molecular weight excluding hydrogens is 521 g/mol. The summed E-state index contributed by atoms with van der Waals surface area (Å²) in [5.74, 6) is 0. The van der Waals surface area contributed by atoms with Gasteiger partial charge in [0.25, 0.3) is 0 Å². The molecule has 6 rings (SSSR count). The molecule has 3 nitrogen and oxygen atoms in total. The Balaban J connectivity index is 1.51. The maximum absolute atomic E-state index is 5.87. The number of rotatable bonds is 9. The third kappa shape index (κ3) is 5.95. The highest BCUT2D eigenvalue weighted by molar-refractivity contribution is 7.60. The largest absolute Gasteiger partial charge is 0.270 e. The van der Waals surface area contributed by atoms with E-state index in [-0.39, 0.29) is 4.90 Å². The van der Waals surface area contributed by atoms with E-state index in [9.17, 15) is 0 Å². The van der Waals surface area contributed by atoms with Crippen molar-refractivity contribution in [2.75, 3.05) is 0 Å². The van der Waals surface area contributed by atoms with E-state index in [0.29, 0.717) is 0 Å².